The van der Waals surface area contributed by atoms with Gasteiger partial charge in [-0.2, -0.15) is 25.3 Å². The van der Waals surface area contributed by atoms with Gasteiger partial charge >= 0.3 is 5.97 Å². The van der Waals surface area contributed by atoms with Gasteiger partial charge < -0.3 is 26.0 Å². The molecule has 224 valence electrons. The number of thiol groups is 2. The number of carboxylic acid groups (broad SMARTS) is 1. The van der Waals surface area contributed by atoms with E-state index in [1.54, 1.807) is 0 Å². The molecule has 2 atom stereocenters. The van der Waals surface area contributed by atoms with Crippen LogP contribution in [0, 0.1) is 0 Å². The van der Waals surface area contributed by atoms with Crippen molar-refractivity contribution in [2.24, 2.45) is 0 Å². The normalized spacial score (nSPS) is 14.3. The number of carboxylic acids is 1. The molecule has 0 heterocycles. The Morgan fingerprint density at radius 3 is 1.62 bits per heavy atom. The highest BCUT2D eigenvalue weighted by molar-refractivity contribution is 8.00. The molecule has 40 heavy (non-hydrogen) atoms. The number of amides is 2. The third-order valence-electron chi connectivity index (χ3n) is 5.35. The summed E-state index contributed by atoms with van der Waals surface area (Å²) in [6.07, 6.45) is 28.2. The molecule has 0 radical (unpaired) electrons. The van der Waals surface area contributed by atoms with Gasteiger partial charge in [0, 0.05) is 19.5 Å². The zero-order valence-corrected chi connectivity index (χ0v) is 25.1. The lowest BCUT2D eigenvalue weighted by Gasteiger charge is -2.24. The summed E-state index contributed by atoms with van der Waals surface area (Å²) in [7, 11) is 0. The summed E-state index contributed by atoms with van der Waals surface area (Å²) in [6, 6.07) is 0. The lowest BCUT2D eigenvalue weighted by molar-refractivity contribution is -0.158. The summed E-state index contributed by atoms with van der Waals surface area (Å²) in [5, 5.41) is 32.4. The molecule has 0 saturated heterocycles. The lowest BCUT2D eigenvalue weighted by atomic mass is 10.2. The van der Waals surface area contributed by atoms with Crippen LogP contribution in [0.2, 0.25) is 0 Å². The van der Waals surface area contributed by atoms with Gasteiger partial charge in [0.1, 0.15) is 0 Å². The number of carbonyl (C=O) groups is 3. The van der Waals surface area contributed by atoms with E-state index in [2.05, 4.69) is 104 Å². The summed E-state index contributed by atoms with van der Waals surface area (Å²) >= 11 is 8.62. The van der Waals surface area contributed by atoms with Gasteiger partial charge in [0.2, 0.25) is 5.91 Å². The van der Waals surface area contributed by atoms with E-state index in [0.29, 0.717) is 19.3 Å². The van der Waals surface area contributed by atoms with E-state index in [0.717, 1.165) is 38.5 Å². The van der Waals surface area contributed by atoms with Crippen molar-refractivity contribution in [3.8, 4) is 0 Å². The van der Waals surface area contributed by atoms with Gasteiger partial charge in [0.05, 0.1) is 4.08 Å². The first-order chi connectivity index (χ1) is 19.1. The standard InChI is InChI=1S/C30H46N2O6S2/c1-2-3-4-5-6-7-8-9-10-11-12-13-14-15-16-17-18-19-20-21-25(33)31-23-22-30(39,40)24-32-28(36)26(34)27(35)29(37)38/h3-4,6-7,9-10,12-13,15-16,18-19,26-27,34-35,39-40H,2,5,8,11,14,17,20-24H2,1H3,(H,31,33)(H,32,36)(H,37,38)/b4-3-,7-6-,10-9-,13-12-,16-15-,19-18-/t26-,27-/m1/s1. The van der Waals surface area contributed by atoms with Gasteiger partial charge in [0.15, 0.2) is 12.2 Å². The van der Waals surface area contributed by atoms with E-state index in [1.807, 2.05) is 12.2 Å². The smallest absolute Gasteiger partial charge is 0.335 e. The molecule has 0 bridgehead atoms. The molecule has 10 heteroatoms. The molecule has 0 unspecified atom stereocenters. The molecule has 0 aromatic rings. The van der Waals surface area contributed by atoms with E-state index in [-0.39, 0.29) is 19.0 Å². The molecule has 0 aliphatic heterocycles. The van der Waals surface area contributed by atoms with Crippen LogP contribution in [0.15, 0.2) is 72.9 Å². The van der Waals surface area contributed by atoms with Crippen LogP contribution in [0.3, 0.4) is 0 Å². The third kappa shape index (κ3) is 22.3. The summed E-state index contributed by atoms with van der Waals surface area (Å²) < 4.78 is -1.02. The summed E-state index contributed by atoms with van der Waals surface area (Å²) in [4.78, 5) is 34.3. The molecule has 5 N–H and O–H groups in total. The maximum Gasteiger partial charge on any atom is 0.335 e. The molecule has 0 rings (SSSR count). The van der Waals surface area contributed by atoms with E-state index < -0.39 is 28.2 Å². The predicted molar refractivity (Wildman–Crippen MR) is 168 cm³/mol. The number of carbonyl (C=O) groups excluding carboxylic acids is 2. The lowest BCUT2D eigenvalue weighted by Crippen LogP contribution is -2.48. The number of hydrogen-bond acceptors (Lipinski definition) is 7. The Bertz CT molecular complexity index is 910. The van der Waals surface area contributed by atoms with Gasteiger partial charge in [-0.05, 0) is 51.4 Å². The number of hydrogen-bond donors (Lipinski definition) is 7. The molecule has 2 amide bonds. The molecular formula is C30H46N2O6S2. The number of aliphatic hydroxyl groups excluding tert-OH is 2. The number of aliphatic hydroxyl groups is 2. The molecule has 0 fully saturated rings. The quantitative estimate of drug-likeness (QED) is 0.0562. The first-order valence-corrected chi connectivity index (χ1v) is 14.5. The molecule has 0 aliphatic rings. The molecule has 8 nitrogen and oxygen atoms in total. The van der Waals surface area contributed by atoms with Crippen LogP contribution in [0.5, 0.6) is 0 Å². The fourth-order valence-electron chi connectivity index (χ4n) is 3.04. The Morgan fingerprint density at radius 2 is 1.18 bits per heavy atom. The number of nitrogens with one attached hydrogen (secondary N) is 2. The minimum atomic E-state index is -2.23. The van der Waals surface area contributed by atoms with Crippen molar-refractivity contribution in [3.05, 3.63) is 72.9 Å². The summed E-state index contributed by atoms with van der Waals surface area (Å²) in [6.45, 7) is 2.29. The third-order valence-corrected chi connectivity index (χ3v) is 6.11. The van der Waals surface area contributed by atoms with Crippen LogP contribution in [-0.4, -0.2) is 62.5 Å². The average Bonchev–Trinajstić information content (AvgIpc) is 2.92. The number of aliphatic carboxylic acids is 1. The SMILES string of the molecule is CC/C=C\C/C=C\C/C=C\C/C=C\C/C=C\C/C=C\CCC(=O)NCCC(S)(S)CNC(=O)[C@H](O)[C@@H](O)C(=O)O. The molecule has 0 aromatic heterocycles. The zero-order valence-electron chi connectivity index (χ0n) is 23.3. The first-order valence-electron chi connectivity index (χ1n) is 13.6. The molecule has 0 saturated carbocycles. The summed E-state index contributed by atoms with van der Waals surface area (Å²) in [5.41, 5.74) is 0. The van der Waals surface area contributed by atoms with E-state index in [1.165, 1.54) is 0 Å². The van der Waals surface area contributed by atoms with Crippen LogP contribution in [-0.2, 0) is 14.4 Å². The molecular weight excluding hydrogens is 548 g/mol. The van der Waals surface area contributed by atoms with Crippen LogP contribution in [0.25, 0.3) is 0 Å². The Labute approximate surface area is 249 Å². The largest absolute Gasteiger partial charge is 0.479 e. The van der Waals surface area contributed by atoms with Crippen LogP contribution < -0.4 is 10.6 Å². The van der Waals surface area contributed by atoms with Crippen LogP contribution >= 0.6 is 25.3 Å². The van der Waals surface area contributed by atoms with Crippen molar-refractivity contribution >= 4 is 43.0 Å². The van der Waals surface area contributed by atoms with Crippen molar-refractivity contribution in [3.63, 3.8) is 0 Å². The molecule has 0 aromatic carbocycles. The average molecular weight is 595 g/mol. The van der Waals surface area contributed by atoms with Crippen LogP contribution in [0.1, 0.15) is 64.7 Å². The van der Waals surface area contributed by atoms with Gasteiger partial charge in [-0.15, -0.1) is 0 Å². The highest BCUT2D eigenvalue weighted by Gasteiger charge is 2.31. The van der Waals surface area contributed by atoms with E-state index in [9.17, 15) is 24.6 Å². The second-order valence-electron chi connectivity index (χ2n) is 8.98. The maximum absolute atomic E-state index is 12.0. The van der Waals surface area contributed by atoms with Gasteiger partial charge in [-0.3, -0.25) is 9.59 Å². The van der Waals surface area contributed by atoms with Crippen molar-refractivity contribution in [1.82, 2.24) is 10.6 Å². The van der Waals surface area contributed by atoms with Crippen molar-refractivity contribution < 1.29 is 29.7 Å². The van der Waals surface area contributed by atoms with Crippen LogP contribution in [0.4, 0.5) is 0 Å². The minimum Gasteiger partial charge on any atom is -0.479 e. The fourth-order valence-corrected chi connectivity index (χ4v) is 3.43. The fraction of sp³-hybridized carbons (Fsp3) is 0.500. The molecule has 0 spiro atoms. The Hall–Kier alpha value is -2.53. The van der Waals surface area contributed by atoms with Gasteiger partial charge in [-0.25, -0.2) is 4.79 Å². The highest BCUT2D eigenvalue weighted by Crippen LogP contribution is 2.22. The van der Waals surface area contributed by atoms with Gasteiger partial charge in [0.25, 0.3) is 5.91 Å². The summed E-state index contributed by atoms with van der Waals surface area (Å²) in [5.74, 6) is -2.89. The zero-order chi connectivity index (χ0) is 30.1. The number of rotatable bonds is 22. The van der Waals surface area contributed by atoms with E-state index >= 15 is 0 Å². The molecule has 0 aliphatic carbocycles. The second-order valence-corrected chi connectivity index (χ2v) is 11.0. The first kappa shape index (κ1) is 37.5. The Morgan fingerprint density at radius 1 is 0.725 bits per heavy atom. The van der Waals surface area contributed by atoms with E-state index in [4.69, 9.17) is 5.11 Å². The number of allylic oxidation sites excluding steroid dienone is 12. The van der Waals surface area contributed by atoms with Crippen molar-refractivity contribution in [1.29, 1.82) is 0 Å². The Kier molecular flexibility index (Phi) is 22.7. The topological polar surface area (TPSA) is 136 Å². The maximum atomic E-state index is 12.0. The highest BCUT2D eigenvalue weighted by atomic mass is 32.2. The predicted octanol–water partition coefficient (Wildman–Crippen LogP) is 4.45. The second kappa shape index (κ2) is 24.3. The van der Waals surface area contributed by atoms with Crippen molar-refractivity contribution in [2.45, 2.75) is 81.0 Å². The Balaban J connectivity index is 3.89. The monoisotopic (exact) mass is 594 g/mol. The van der Waals surface area contributed by atoms with Gasteiger partial charge in [-0.1, -0.05) is 79.8 Å². The van der Waals surface area contributed by atoms with Crippen molar-refractivity contribution in [2.75, 3.05) is 13.1 Å². The minimum absolute atomic E-state index is 0.115.